The van der Waals surface area contributed by atoms with E-state index in [0.717, 1.165) is 23.9 Å². The van der Waals surface area contributed by atoms with E-state index in [1.54, 1.807) is 6.07 Å². The summed E-state index contributed by atoms with van der Waals surface area (Å²) in [6.07, 6.45) is 0.879. The Morgan fingerprint density at radius 2 is 1.77 bits per heavy atom. The number of rotatable bonds is 3. The molecule has 26 heavy (non-hydrogen) atoms. The van der Waals surface area contributed by atoms with E-state index >= 15 is 0 Å². The van der Waals surface area contributed by atoms with Crippen LogP contribution in [0.25, 0.3) is 10.8 Å². The van der Waals surface area contributed by atoms with Crippen molar-refractivity contribution in [1.29, 1.82) is 0 Å². The number of benzene rings is 2. The minimum Gasteiger partial charge on any atom is -0.349 e. The van der Waals surface area contributed by atoms with Crippen molar-refractivity contribution in [2.24, 2.45) is 0 Å². The van der Waals surface area contributed by atoms with Crippen molar-refractivity contribution in [2.75, 3.05) is 6.54 Å². The summed E-state index contributed by atoms with van der Waals surface area (Å²) < 4.78 is 0. The first-order valence-electron chi connectivity index (χ1n) is 8.83. The Labute approximate surface area is 151 Å². The Morgan fingerprint density at radius 1 is 1.08 bits per heavy atom. The lowest BCUT2D eigenvalue weighted by Gasteiger charge is -2.26. The van der Waals surface area contributed by atoms with Crippen LogP contribution < -0.4 is 16.2 Å². The molecule has 132 valence electrons. The topological polar surface area (TPSA) is 74.0 Å². The normalized spacial score (nSPS) is 16.3. The van der Waals surface area contributed by atoms with E-state index in [1.807, 2.05) is 37.3 Å². The molecular weight excluding hydrogens is 326 g/mol. The highest BCUT2D eigenvalue weighted by atomic mass is 16.2. The Balaban J connectivity index is 1.50. The maximum atomic E-state index is 12.6. The van der Waals surface area contributed by atoms with E-state index in [-0.39, 0.29) is 17.5 Å². The molecule has 4 rings (SSSR count). The molecule has 0 saturated heterocycles. The number of hydrogen-bond donors (Lipinski definition) is 3. The molecule has 1 amide bonds. The van der Waals surface area contributed by atoms with Gasteiger partial charge in [0.2, 0.25) is 0 Å². The van der Waals surface area contributed by atoms with Gasteiger partial charge in [0.25, 0.3) is 11.5 Å². The zero-order chi connectivity index (χ0) is 18.1. The van der Waals surface area contributed by atoms with Gasteiger partial charge in [0.05, 0.1) is 0 Å². The number of aromatic amines is 1. The third kappa shape index (κ3) is 3.02. The van der Waals surface area contributed by atoms with Gasteiger partial charge in [-0.25, -0.2) is 0 Å². The smallest absolute Gasteiger partial charge is 0.268 e. The summed E-state index contributed by atoms with van der Waals surface area (Å²) in [6.45, 7) is 3.19. The van der Waals surface area contributed by atoms with Gasteiger partial charge in [-0.3, -0.25) is 9.59 Å². The first-order chi connectivity index (χ1) is 12.6. The van der Waals surface area contributed by atoms with Crippen LogP contribution in [-0.2, 0) is 13.0 Å². The second-order valence-corrected chi connectivity index (χ2v) is 6.76. The molecule has 2 heterocycles. The van der Waals surface area contributed by atoms with Crippen LogP contribution in [0.15, 0.2) is 53.3 Å². The molecule has 1 unspecified atom stereocenters. The van der Waals surface area contributed by atoms with E-state index in [4.69, 9.17) is 0 Å². The minimum absolute atomic E-state index is 0.182. The number of nitrogens with one attached hydrogen (secondary N) is 3. The first-order valence-corrected chi connectivity index (χ1v) is 8.83. The molecule has 5 nitrogen and oxygen atoms in total. The standard InChI is InChI=1S/C21H21N3O2/c1-13-17-8-4-5-9-18(17)20(25)24-19(13)21(26)23-12-16-10-14-6-2-3-7-15(14)11-22-16/h2-9,16,22H,10-12H2,1H3,(H,23,26)(H,24,25). The number of carbonyl (C=O) groups excluding carboxylic acids is 1. The van der Waals surface area contributed by atoms with Crippen LogP contribution in [-0.4, -0.2) is 23.5 Å². The quantitative estimate of drug-likeness (QED) is 0.680. The first kappa shape index (κ1) is 16.5. The highest BCUT2D eigenvalue weighted by Crippen LogP contribution is 2.18. The number of aromatic nitrogens is 1. The Bertz CT molecular complexity index is 1040. The molecule has 5 heteroatoms. The molecule has 0 spiro atoms. The maximum absolute atomic E-state index is 12.6. The van der Waals surface area contributed by atoms with Gasteiger partial charge >= 0.3 is 0 Å². The molecule has 1 aromatic heterocycles. The second-order valence-electron chi connectivity index (χ2n) is 6.76. The van der Waals surface area contributed by atoms with Crippen LogP contribution in [0.5, 0.6) is 0 Å². The summed E-state index contributed by atoms with van der Waals surface area (Å²) in [6, 6.07) is 15.9. The van der Waals surface area contributed by atoms with Crippen molar-refractivity contribution in [2.45, 2.75) is 25.9 Å². The zero-order valence-electron chi connectivity index (χ0n) is 14.6. The average molecular weight is 347 g/mol. The molecule has 1 atom stereocenters. The molecule has 0 bridgehead atoms. The predicted molar refractivity (Wildman–Crippen MR) is 102 cm³/mol. The van der Waals surface area contributed by atoms with Crippen molar-refractivity contribution in [3.05, 3.63) is 81.3 Å². The van der Waals surface area contributed by atoms with Crippen molar-refractivity contribution in [1.82, 2.24) is 15.6 Å². The number of hydrogen-bond acceptors (Lipinski definition) is 3. The largest absolute Gasteiger partial charge is 0.349 e. The van der Waals surface area contributed by atoms with Gasteiger partial charge in [0, 0.05) is 24.5 Å². The van der Waals surface area contributed by atoms with Crippen molar-refractivity contribution in [3.63, 3.8) is 0 Å². The molecule has 0 radical (unpaired) electrons. The lowest BCUT2D eigenvalue weighted by Crippen LogP contribution is -2.44. The molecule has 0 fully saturated rings. The average Bonchev–Trinajstić information content (AvgIpc) is 2.68. The predicted octanol–water partition coefficient (Wildman–Crippen LogP) is 2.28. The molecule has 0 saturated carbocycles. The highest BCUT2D eigenvalue weighted by molar-refractivity contribution is 5.99. The molecular formula is C21H21N3O2. The number of aryl methyl sites for hydroxylation is 1. The number of amides is 1. The fraction of sp³-hybridized carbons (Fsp3) is 0.238. The van der Waals surface area contributed by atoms with Crippen molar-refractivity contribution in [3.8, 4) is 0 Å². The van der Waals surface area contributed by atoms with E-state index < -0.39 is 0 Å². The number of pyridine rings is 1. The summed E-state index contributed by atoms with van der Waals surface area (Å²) >= 11 is 0. The van der Waals surface area contributed by atoms with E-state index in [2.05, 4.69) is 27.8 Å². The zero-order valence-corrected chi connectivity index (χ0v) is 14.6. The maximum Gasteiger partial charge on any atom is 0.268 e. The SMILES string of the molecule is Cc1c(C(=O)NCC2Cc3ccccc3CN2)[nH]c(=O)c2ccccc12. The van der Waals surface area contributed by atoms with E-state index in [9.17, 15) is 9.59 Å². The molecule has 1 aliphatic rings. The van der Waals surface area contributed by atoms with Gasteiger partial charge in [-0.15, -0.1) is 0 Å². The lowest BCUT2D eigenvalue weighted by molar-refractivity contribution is 0.0943. The fourth-order valence-electron chi connectivity index (χ4n) is 3.61. The summed E-state index contributed by atoms with van der Waals surface area (Å²) in [7, 11) is 0. The third-order valence-corrected chi connectivity index (χ3v) is 5.09. The number of H-pyrrole nitrogens is 1. The highest BCUT2D eigenvalue weighted by Gasteiger charge is 2.19. The monoisotopic (exact) mass is 347 g/mol. The Hall–Kier alpha value is -2.92. The van der Waals surface area contributed by atoms with E-state index in [1.165, 1.54) is 11.1 Å². The van der Waals surface area contributed by atoms with Crippen LogP contribution in [0.2, 0.25) is 0 Å². The summed E-state index contributed by atoms with van der Waals surface area (Å²) in [5.41, 5.74) is 3.52. The van der Waals surface area contributed by atoms with Crippen LogP contribution in [0.1, 0.15) is 27.2 Å². The minimum atomic E-state index is -0.244. The fourth-order valence-corrected chi connectivity index (χ4v) is 3.61. The molecule has 2 aromatic carbocycles. The molecule has 3 aromatic rings. The van der Waals surface area contributed by atoms with Crippen LogP contribution >= 0.6 is 0 Å². The van der Waals surface area contributed by atoms with Gasteiger partial charge < -0.3 is 15.6 Å². The Kier molecular flexibility index (Phi) is 4.31. The van der Waals surface area contributed by atoms with Gasteiger partial charge in [-0.1, -0.05) is 42.5 Å². The number of fused-ring (bicyclic) bond motifs is 2. The van der Waals surface area contributed by atoms with Gasteiger partial charge in [0.1, 0.15) is 5.69 Å². The third-order valence-electron chi connectivity index (χ3n) is 5.09. The van der Waals surface area contributed by atoms with Gasteiger partial charge in [-0.2, -0.15) is 0 Å². The summed E-state index contributed by atoms with van der Waals surface area (Å²) in [4.78, 5) is 27.6. The number of carbonyl (C=O) groups is 1. The van der Waals surface area contributed by atoms with Crippen LogP contribution in [0.4, 0.5) is 0 Å². The van der Waals surface area contributed by atoms with Gasteiger partial charge in [0.15, 0.2) is 0 Å². The van der Waals surface area contributed by atoms with Crippen LogP contribution in [0.3, 0.4) is 0 Å². The van der Waals surface area contributed by atoms with Crippen molar-refractivity contribution < 1.29 is 4.79 Å². The van der Waals surface area contributed by atoms with Crippen molar-refractivity contribution >= 4 is 16.7 Å². The second kappa shape index (κ2) is 6.77. The Morgan fingerprint density at radius 3 is 2.58 bits per heavy atom. The van der Waals surface area contributed by atoms with Gasteiger partial charge in [-0.05, 0) is 41.5 Å². The molecule has 3 N–H and O–H groups in total. The molecule has 1 aliphatic heterocycles. The summed E-state index contributed by atoms with van der Waals surface area (Å²) in [5, 5.41) is 7.83. The van der Waals surface area contributed by atoms with Crippen LogP contribution in [0, 0.1) is 6.92 Å². The lowest BCUT2D eigenvalue weighted by atomic mass is 9.96. The molecule has 0 aliphatic carbocycles. The summed E-state index contributed by atoms with van der Waals surface area (Å²) in [5.74, 6) is -0.244. The van der Waals surface area contributed by atoms with E-state index in [0.29, 0.717) is 17.6 Å².